The van der Waals surface area contributed by atoms with Gasteiger partial charge in [-0.05, 0) is 24.1 Å². The summed E-state index contributed by atoms with van der Waals surface area (Å²) in [5.74, 6) is 0.0827. The van der Waals surface area contributed by atoms with Gasteiger partial charge in [0.1, 0.15) is 5.75 Å². The number of β-amino-alcohol motifs (C(OH)–C–C–N with tert-alkyl or cyclic N) is 1. The predicted molar refractivity (Wildman–Crippen MR) is 86.7 cm³/mol. The number of hydrogen-bond acceptors (Lipinski definition) is 4. The Labute approximate surface area is 144 Å². The van der Waals surface area contributed by atoms with Crippen LogP contribution in [-0.4, -0.2) is 59.5 Å². The molecule has 2 aliphatic heterocycles. The third-order valence-electron chi connectivity index (χ3n) is 4.51. The van der Waals surface area contributed by atoms with Gasteiger partial charge in [-0.25, -0.2) is 4.79 Å². The molecule has 24 heavy (non-hydrogen) atoms. The number of carbonyl (C=O) groups excluding carboxylic acids is 1. The SMILES string of the molecule is O=C(NC[C@@H]1CCN(C(=O)O)C[C@@H]1O)c1cc(Cl)cc2c1OCC2. The van der Waals surface area contributed by atoms with Crippen LogP contribution in [0.3, 0.4) is 0 Å². The molecule has 0 aromatic heterocycles. The van der Waals surface area contributed by atoms with Gasteiger partial charge in [0.05, 0.1) is 24.8 Å². The number of ether oxygens (including phenoxy) is 1. The van der Waals surface area contributed by atoms with Crippen molar-refractivity contribution in [1.29, 1.82) is 0 Å². The molecule has 2 atom stereocenters. The summed E-state index contributed by atoms with van der Waals surface area (Å²) in [7, 11) is 0. The Bertz CT molecular complexity index is 666. The van der Waals surface area contributed by atoms with Crippen LogP contribution in [0.5, 0.6) is 5.75 Å². The summed E-state index contributed by atoms with van der Waals surface area (Å²) in [5.41, 5.74) is 1.31. The minimum absolute atomic E-state index is 0.0611. The summed E-state index contributed by atoms with van der Waals surface area (Å²) >= 11 is 6.05. The van der Waals surface area contributed by atoms with E-state index in [9.17, 15) is 14.7 Å². The lowest BCUT2D eigenvalue weighted by Gasteiger charge is -2.34. The van der Waals surface area contributed by atoms with Crippen LogP contribution in [0.25, 0.3) is 0 Å². The Kier molecular flexibility index (Phi) is 4.82. The first kappa shape index (κ1) is 16.9. The minimum atomic E-state index is -1.04. The zero-order valence-corrected chi connectivity index (χ0v) is 13.8. The van der Waals surface area contributed by atoms with E-state index in [0.29, 0.717) is 35.9 Å². The second kappa shape index (κ2) is 6.86. The van der Waals surface area contributed by atoms with Gasteiger partial charge < -0.3 is 25.2 Å². The monoisotopic (exact) mass is 354 g/mol. The van der Waals surface area contributed by atoms with Crippen LogP contribution in [-0.2, 0) is 6.42 Å². The molecule has 8 heteroatoms. The van der Waals surface area contributed by atoms with Crippen LogP contribution in [0.1, 0.15) is 22.3 Å². The lowest BCUT2D eigenvalue weighted by atomic mass is 9.94. The number of likely N-dealkylation sites (tertiary alicyclic amines) is 1. The lowest BCUT2D eigenvalue weighted by molar-refractivity contribution is 0.0248. The van der Waals surface area contributed by atoms with E-state index in [-0.39, 0.29) is 24.9 Å². The van der Waals surface area contributed by atoms with Crippen molar-refractivity contribution in [3.8, 4) is 5.75 Å². The van der Waals surface area contributed by atoms with E-state index in [0.717, 1.165) is 12.0 Å². The van der Waals surface area contributed by atoms with Gasteiger partial charge in [-0.2, -0.15) is 0 Å². The molecule has 0 unspecified atom stereocenters. The highest BCUT2D eigenvalue weighted by Crippen LogP contribution is 2.32. The molecule has 0 bridgehead atoms. The highest BCUT2D eigenvalue weighted by atomic mass is 35.5. The number of carbonyl (C=O) groups is 2. The lowest BCUT2D eigenvalue weighted by Crippen LogP contribution is -2.49. The highest BCUT2D eigenvalue weighted by Gasteiger charge is 2.30. The van der Waals surface area contributed by atoms with E-state index in [2.05, 4.69) is 5.32 Å². The number of fused-ring (bicyclic) bond motifs is 1. The van der Waals surface area contributed by atoms with Crippen molar-refractivity contribution < 1.29 is 24.5 Å². The molecule has 0 radical (unpaired) electrons. The zero-order chi connectivity index (χ0) is 17.3. The van der Waals surface area contributed by atoms with Gasteiger partial charge in [-0.1, -0.05) is 11.6 Å². The van der Waals surface area contributed by atoms with Gasteiger partial charge in [-0.3, -0.25) is 4.79 Å². The Hall–Kier alpha value is -1.99. The maximum atomic E-state index is 12.4. The van der Waals surface area contributed by atoms with Gasteiger partial charge >= 0.3 is 6.09 Å². The number of halogens is 1. The van der Waals surface area contributed by atoms with Crippen molar-refractivity contribution >= 4 is 23.6 Å². The molecule has 130 valence electrons. The van der Waals surface area contributed by atoms with E-state index in [1.54, 1.807) is 12.1 Å². The third-order valence-corrected chi connectivity index (χ3v) is 4.73. The molecule has 1 aromatic rings. The van der Waals surface area contributed by atoms with Crippen molar-refractivity contribution in [3.63, 3.8) is 0 Å². The maximum Gasteiger partial charge on any atom is 0.407 e. The molecule has 0 saturated carbocycles. The fourth-order valence-corrected chi connectivity index (χ4v) is 3.39. The molecular formula is C16H19ClN2O5. The molecule has 2 amide bonds. The predicted octanol–water partition coefficient (Wildman–Crippen LogP) is 1.37. The summed E-state index contributed by atoms with van der Waals surface area (Å²) in [4.78, 5) is 24.5. The summed E-state index contributed by atoms with van der Waals surface area (Å²) in [6, 6.07) is 3.37. The van der Waals surface area contributed by atoms with Crippen LogP contribution < -0.4 is 10.1 Å². The number of amides is 2. The van der Waals surface area contributed by atoms with E-state index < -0.39 is 12.2 Å². The van der Waals surface area contributed by atoms with Gasteiger partial charge in [0.2, 0.25) is 0 Å². The summed E-state index contributed by atoms with van der Waals surface area (Å²) in [5, 5.41) is 22.3. The molecule has 2 aliphatic rings. The standard InChI is InChI=1S/C16H19ClN2O5/c17-11-5-9-2-4-24-14(9)12(6-11)15(21)18-7-10-1-3-19(16(22)23)8-13(10)20/h5-6,10,13,20H,1-4,7-8H2,(H,18,21)(H,22,23)/t10-,13-/m0/s1. The van der Waals surface area contributed by atoms with Crippen molar-refractivity contribution in [2.24, 2.45) is 5.92 Å². The Balaban J connectivity index is 1.62. The molecular weight excluding hydrogens is 336 g/mol. The normalized spacial score (nSPS) is 22.7. The number of aliphatic hydroxyl groups is 1. The largest absolute Gasteiger partial charge is 0.492 e. The average Bonchev–Trinajstić information content (AvgIpc) is 3.00. The topological polar surface area (TPSA) is 99.1 Å². The quantitative estimate of drug-likeness (QED) is 0.761. The molecule has 7 nitrogen and oxygen atoms in total. The first-order valence-electron chi connectivity index (χ1n) is 7.85. The fraction of sp³-hybridized carbons (Fsp3) is 0.500. The maximum absolute atomic E-state index is 12.4. The number of nitrogens with zero attached hydrogens (tertiary/aromatic N) is 1. The zero-order valence-electron chi connectivity index (χ0n) is 13.0. The first-order chi connectivity index (χ1) is 11.5. The van der Waals surface area contributed by atoms with Crippen molar-refractivity contribution in [1.82, 2.24) is 10.2 Å². The Morgan fingerprint density at radius 3 is 2.92 bits per heavy atom. The molecule has 0 spiro atoms. The van der Waals surface area contributed by atoms with Crippen molar-refractivity contribution in [3.05, 3.63) is 28.3 Å². The average molecular weight is 355 g/mol. The Morgan fingerprint density at radius 1 is 1.42 bits per heavy atom. The van der Waals surface area contributed by atoms with Crippen molar-refractivity contribution in [2.75, 3.05) is 26.2 Å². The van der Waals surface area contributed by atoms with Crippen LogP contribution in [0, 0.1) is 5.92 Å². The molecule has 2 heterocycles. The molecule has 1 saturated heterocycles. The number of aliphatic hydroxyl groups excluding tert-OH is 1. The van der Waals surface area contributed by atoms with E-state index in [1.165, 1.54) is 4.90 Å². The summed E-state index contributed by atoms with van der Waals surface area (Å²) < 4.78 is 5.52. The van der Waals surface area contributed by atoms with Crippen LogP contribution in [0.4, 0.5) is 4.79 Å². The molecule has 3 rings (SSSR count). The van der Waals surface area contributed by atoms with E-state index in [1.807, 2.05) is 0 Å². The Morgan fingerprint density at radius 2 is 2.21 bits per heavy atom. The fourth-order valence-electron chi connectivity index (χ4n) is 3.15. The second-order valence-corrected chi connectivity index (χ2v) is 6.53. The molecule has 0 aliphatic carbocycles. The van der Waals surface area contributed by atoms with Crippen LogP contribution in [0.2, 0.25) is 5.02 Å². The first-order valence-corrected chi connectivity index (χ1v) is 8.23. The number of carboxylic acid groups (broad SMARTS) is 1. The summed E-state index contributed by atoms with van der Waals surface area (Å²) in [6.07, 6.45) is -0.611. The molecule has 3 N–H and O–H groups in total. The smallest absolute Gasteiger partial charge is 0.407 e. The highest BCUT2D eigenvalue weighted by molar-refractivity contribution is 6.31. The van der Waals surface area contributed by atoms with Crippen LogP contribution >= 0.6 is 11.6 Å². The molecule has 1 aromatic carbocycles. The minimum Gasteiger partial charge on any atom is -0.492 e. The van der Waals surface area contributed by atoms with Crippen molar-refractivity contribution in [2.45, 2.75) is 18.9 Å². The van der Waals surface area contributed by atoms with E-state index >= 15 is 0 Å². The van der Waals surface area contributed by atoms with E-state index in [4.69, 9.17) is 21.4 Å². The summed E-state index contributed by atoms with van der Waals surface area (Å²) in [6.45, 7) is 1.21. The number of rotatable bonds is 3. The number of piperidine rings is 1. The van der Waals surface area contributed by atoms with Gasteiger partial charge in [0.25, 0.3) is 5.91 Å². The van der Waals surface area contributed by atoms with Crippen LogP contribution in [0.15, 0.2) is 12.1 Å². The van der Waals surface area contributed by atoms with Gasteiger partial charge in [0.15, 0.2) is 0 Å². The second-order valence-electron chi connectivity index (χ2n) is 6.09. The van der Waals surface area contributed by atoms with Gasteiger partial charge in [-0.15, -0.1) is 0 Å². The molecule has 1 fully saturated rings. The number of benzene rings is 1. The third kappa shape index (κ3) is 3.42. The van der Waals surface area contributed by atoms with Gasteiger partial charge in [0, 0.05) is 30.5 Å². The number of nitrogens with one attached hydrogen (secondary N) is 1. The number of hydrogen-bond donors (Lipinski definition) is 3.